The molecule has 0 saturated carbocycles. The van der Waals surface area contributed by atoms with E-state index in [9.17, 15) is 24.3 Å². The minimum Gasteiger partial charge on any atom is -0.508 e. The van der Waals surface area contributed by atoms with Crippen molar-refractivity contribution in [1.82, 2.24) is 10.2 Å². The first kappa shape index (κ1) is 33.1. The van der Waals surface area contributed by atoms with Gasteiger partial charge in [0, 0.05) is 18.7 Å². The molecule has 10 heteroatoms. The molecule has 224 valence electrons. The Morgan fingerprint density at radius 1 is 1.02 bits per heavy atom. The summed E-state index contributed by atoms with van der Waals surface area (Å²) in [6, 6.07) is 9.48. The van der Waals surface area contributed by atoms with Gasteiger partial charge in [0.25, 0.3) is 5.91 Å². The van der Waals surface area contributed by atoms with Crippen molar-refractivity contribution < 1.29 is 29.0 Å². The van der Waals surface area contributed by atoms with Gasteiger partial charge in [-0.05, 0) is 76.3 Å². The van der Waals surface area contributed by atoms with E-state index in [0.717, 1.165) is 24.0 Å². The highest BCUT2D eigenvalue weighted by Crippen LogP contribution is 2.29. The summed E-state index contributed by atoms with van der Waals surface area (Å²) in [7, 11) is 0. The van der Waals surface area contributed by atoms with E-state index in [1.165, 1.54) is 17.0 Å². The van der Waals surface area contributed by atoms with E-state index >= 15 is 0 Å². The first-order valence-corrected chi connectivity index (χ1v) is 14.0. The number of unbranched alkanes of at least 4 members (excludes halogenated alkanes) is 2. The molecule has 0 spiro atoms. The number of hydrogen-bond donors (Lipinski definition) is 4. The number of nitrogens with zero attached hydrogens (tertiary/aromatic N) is 1. The molecule has 0 heterocycles. The number of amides is 4. The van der Waals surface area contributed by atoms with Crippen molar-refractivity contribution in [3.05, 3.63) is 59.2 Å². The Morgan fingerprint density at radius 2 is 1.66 bits per heavy atom. The molecule has 0 aliphatic carbocycles. The third kappa shape index (κ3) is 10.4. The summed E-state index contributed by atoms with van der Waals surface area (Å²) in [6.45, 7) is 11.0. The number of alkyl carbamates (subject to hydrolysis) is 1. The molecule has 10 nitrogen and oxygen atoms in total. The third-order valence-corrected chi connectivity index (χ3v) is 6.43. The fourth-order valence-corrected chi connectivity index (χ4v) is 4.46. The highest BCUT2D eigenvalue weighted by Gasteiger charge is 2.36. The van der Waals surface area contributed by atoms with Crippen LogP contribution < -0.4 is 16.4 Å². The molecule has 0 aromatic heterocycles. The molecule has 0 fully saturated rings. The van der Waals surface area contributed by atoms with Gasteiger partial charge in [-0.25, -0.2) is 4.79 Å². The van der Waals surface area contributed by atoms with Crippen LogP contribution in [-0.4, -0.2) is 52.0 Å². The third-order valence-electron chi connectivity index (χ3n) is 6.43. The Kier molecular flexibility index (Phi) is 12.2. The maximum absolute atomic E-state index is 14.2. The van der Waals surface area contributed by atoms with Crippen LogP contribution in [0.5, 0.6) is 5.75 Å². The summed E-state index contributed by atoms with van der Waals surface area (Å²) in [5, 5.41) is 15.8. The molecule has 0 aliphatic rings. The number of rotatable bonds is 13. The second-order valence-electron chi connectivity index (χ2n) is 11.2. The monoisotopic (exact) mass is 568 g/mol. The predicted molar refractivity (Wildman–Crippen MR) is 158 cm³/mol. The van der Waals surface area contributed by atoms with Crippen LogP contribution in [0.15, 0.2) is 42.5 Å². The number of nitrogens with two attached hydrogens (primary N) is 1. The minimum absolute atomic E-state index is 0.0644. The second kappa shape index (κ2) is 15.1. The molecule has 0 saturated heterocycles. The number of benzene rings is 2. The van der Waals surface area contributed by atoms with Crippen LogP contribution in [0.1, 0.15) is 82.5 Å². The van der Waals surface area contributed by atoms with Crippen LogP contribution >= 0.6 is 0 Å². The van der Waals surface area contributed by atoms with Crippen LogP contribution in [0.4, 0.5) is 10.5 Å². The van der Waals surface area contributed by atoms with E-state index in [4.69, 9.17) is 10.5 Å². The Labute approximate surface area is 242 Å². The van der Waals surface area contributed by atoms with Crippen LogP contribution in [0, 0.1) is 13.8 Å². The molecule has 4 amide bonds. The van der Waals surface area contributed by atoms with Gasteiger partial charge in [0.2, 0.25) is 11.8 Å². The molecule has 5 N–H and O–H groups in total. The number of para-hydroxylation sites is 1. The SMILES string of the molecule is CCCCCN(C(=O)C(CCC(N)=O)NC(=O)OC(C)(C)C)C(C(=O)Nc1c(C)cccc1C)c1cccc(O)c1. The lowest BCUT2D eigenvalue weighted by atomic mass is 10.00. The quantitative estimate of drug-likeness (QED) is 0.253. The summed E-state index contributed by atoms with van der Waals surface area (Å²) in [4.78, 5) is 54.0. The fourth-order valence-electron chi connectivity index (χ4n) is 4.46. The normalized spacial score (nSPS) is 12.6. The zero-order chi connectivity index (χ0) is 30.7. The van der Waals surface area contributed by atoms with Gasteiger partial charge in [-0.3, -0.25) is 14.4 Å². The highest BCUT2D eigenvalue weighted by atomic mass is 16.6. The molecule has 2 rings (SSSR count). The minimum atomic E-state index is -1.19. The van der Waals surface area contributed by atoms with Gasteiger partial charge in [-0.15, -0.1) is 0 Å². The van der Waals surface area contributed by atoms with E-state index in [2.05, 4.69) is 10.6 Å². The average molecular weight is 569 g/mol. The maximum atomic E-state index is 14.2. The predicted octanol–water partition coefficient (Wildman–Crippen LogP) is 4.87. The maximum Gasteiger partial charge on any atom is 0.408 e. The van der Waals surface area contributed by atoms with Crippen molar-refractivity contribution in [2.45, 2.75) is 91.3 Å². The zero-order valence-corrected chi connectivity index (χ0v) is 25.0. The number of aryl methyl sites for hydroxylation is 2. The van der Waals surface area contributed by atoms with Gasteiger partial charge in [-0.2, -0.15) is 0 Å². The summed E-state index contributed by atoms with van der Waals surface area (Å²) < 4.78 is 5.37. The van der Waals surface area contributed by atoms with Gasteiger partial charge < -0.3 is 31.1 Å². The van der Waals surface area contributed by atoms with Crippen molar-refractivity contribution in [2.75, 3.05) is 11.9 Å². The highest BCUT2D eigenvalue weighted by molar-refractivity contribution is 6.00. The van der Waals surface area contributed by atoms with Gasteiger partial charge in [0.05, 0.1) is 0 Å². The number of anilines is 1. The second-order valence-corrected chi connectivity index (χ2v) is 11.2. The van der Waals surface area contributed by atoms with Crippen LogP contribution in [0.2, 0.25) is 0 Å². The number of primary amides is 1. The molecular weight excluding hydrogens is 524 g/mol. The summed E-state index contributed by atoms with van der Waals surface area (Å²) >= 11 is 0. The Bertz CT molecular complexity index is 1200. The largest absolute Gasteiger partial charge is 0.508 e. The lowest BCUT2D eigenvalue weighted by Gasteiger charge is -2.35. The van der Waals surface area contributed by atoms with Crippen LogP contribution in [-0.2, 0) is 19.1 Å². The standard InChI is InChI=1S/C31H44N4O6/c1-7-8-9-18-35(29(39)24(16-17-25(32)37)33-30(40)41-31(4,5)6)27(22-14-11-15-23(36)19-22)28(38)34-26-20(2)12-10-13-21(26)3/h10-15,19,24,27,36H,7-9,16-18H2,1-6H3,(H2,32,37)(H,33,40)(H,34,38). The van der Waals surface area contributed by atoms with E-state index in [1.54, 1.807) is 32.9 Å². The van der Waals surface area contributed by atoms with Gasteiger partial charge >= 0.3 is 6.09 Å². The van der Waals surface area contributed by atoms with Crippen molar-refractivity contribution in [1.29, 1.82) is 0 Å². The number of phenolic OH excluding ortho intramolecular Hbond substituents is 1. The number of ether oxygens (including phenoxy) is 1. The van der Waals surface area contributed by atoms with Crippen LogP contribution in [0.3, 0.4) is 0 Å². The van der Waals surface area contributed by atoms with Crippen molar-refractivity contribution in [3.8, 4) is 5.75 Å². The molecule has 2 aromatic carbocycles. The van der Waals surface area contributed by atoms with Crippen molar-refractivity contribution >= 4 is 29.5 Å². The van der Waals surface area contributed by atoms with Gasteiger partial charge in [0.1, 0.15) is 23.4 Å². The Hall–Kier alpha value is -4.08. The topological polar surface area (TPSA) is 151 Å². The number of carbonyl (C=O) groups excluding carboxylic acids is 4. The van der Waals surface area contributed by atoms with Crippen LogP contribution in [0.25, 0.3) is 0 Å². The smallest absolute Gasteiger partial charge is 0.408 e. The molecule has 2 unspecified atom stereocenters. The van der Waals surface area contributed by atoms with Gasteiger partial charge in [0.15, 0.2) is 0 Å². The summed E-state index contributed by atoms with van der Waals surface area (Å²) in [6.07, 6.45) is 1.17. The zero-order valence-electron chi connectivity index (χ0n) is 25.0. The van der Waals surface area contributed by atoms with Crippen molar-refractivity contribution in [2.24, 2.45) is 5.73 Å². The molecule has 41 heavy (non-hydrogen) atoms. The van der Waals surface area contributed by atoms with E-state index < -0.39 is 41.5 Å². The molecule has 2 atom stereocenters. The fraction of sp³-hybridized carbons (Fsp3) is 0.484. The van der Waals surface area contributed by atoms with Gasteiger partial charge in [-0.1, -0.05) is 50.1 Å². The first-order chi connectivity index (χ1) is 19.2. The summed E-state index contributed by atoms with van der Waals surface area (Å²) in [5.41, 5.74) is 7.27. The van der Waals surface area contributed by atoms with Crippen molar-refractivity contribution in [3.63, 3.8) is 0 Å². The van der Waals surface area contributed by atoms with E-state index in [-0.39, 0.29) is 25.1 Å². The molecular formula is C31H44N4O6. The number of carbonyl (C=O) groups is 4. The van der Waals surface area contributed by atoms with E-state index in [1.807, 2.05) is 39.0 Å². The molecule has 0 bridgehead atoms. The lowest BCUT2D eigenvalue weighted by molar-refractivity contribution is -0.141. The first-order valence-electron chi connectivity index (χ1n) is 14.0. The summed E-state index contributed by atoms with van der Waals surface area (Å²) in [5.74, 6) is -1.75. The number of nitrogens with one attached hydrogen (secondary N) is 2. The number of aromatic hydroxyl groups is 1. The average Bonchev–Trinajstić information content (AvgIpc) is 2.86. The molecule has 2 aromatic rings. The molecule has 0 radical (unpaired) electrons. The van der Waals surface area contributed by atoms with E-state index in [0.29, 0.717) is 17.7 Å². The molecule has 0 aliphatic heterocycles. The Morgan fingerprint density at radius 3 is 2.22 bits per heavy atom. The number of phenols is 1. The lowest BCUT2D eigenvalue weighted by Crippen LogP contribution is -2.52. The Balaban J connectivity index is 2.59. The number of hydrogen-bond acceptors (Lipinski definition) is 6.